The van der Waals surface area contributed by atoms with Crippen LogP contribution in [0.25, 0.3) is 0 Å². The molecule has 3 saturated carbocycles. The van der Waals surface area contributed by atoms with Crippen LogP contribution in [-0.2, 0) is 4.43 Å². The molecule has 0 bridgehead atoms. The summed E-state index contributed by atoms with van der Waals surface area (Å²) in [6.45, 7) is 19.0. The van der Waals surface area contributed by atoms with Crippen LogP contribution in [0.15, 0.2) is 11.3 Å². The average Bonchev–Trinajstić information content (AvgIpc) is 2.94. The van der Waals surface area contributed by atoms with Crippen LogP contribution < -0.4 is 0 Å². The molecule has 3 fully saturated rings. The van der Waals surface area contributed by atoms with Crippen LogP contribution in [0.2, 0.25) is 37.8 Å². The molecule has 4 heteroatoms. The Labute approximate surface area is 157 Å². The molecule has 0 aromatic rings. The lowest BCUT2D eigenvalue weighted by Crippen LogP contribution is -2.56. The third kappa shape index (κ3) is 2.78. The topological polar surface area (TPSA) is 29.5 Å². The van der Waals surface area contributed by atoms with Crippen LogP contribution in [0.3, 0.4) is 0 Å². The molecule has 1 N–H and O–H groups in total. The summed E-state index contributed by atoms with van der Waals surface area (Å²) in [5.41, 5.74) is 3.15. The van der Waals surface area contributed by atoms with Gasteiger partial charge < -0.3 is 9.53 Å². The van der Waals surface area contributed by atoms with E-state index in [4.69, 9.17) is 4.43 Å². The SMILES string of the molecule is CC(C)(C)[Si](C)(C)O[C@@]12CCC[C@@]13CCC[C@@]3(O)/C(=C/[Si](C)(C)C)C2. The fourth-order valence-electron chi connectivity index (χ4n) is 5.87. The fourth-order valence-corrected chi connectivity index (χ4v) is 8.91. The van der Waals surface area contributed by atoms with Gasteiger partial charge in [-0.15, -0.1) is 0 Å². The first kappa shape index (κ1) is 19.8. The zero-order valence-corrected chi connectivity index (χ0v) is 19.9. The molecule has 0 unspecified atom stereocenters. The maximum Gasteiger partial charge on any atom is 0.192 e. The van der Waals surface area contributed by atoms with E-state index in [9.17, 15) is 5.11 Å². The molecule has 144 valence electrons. The monoisotopic (exact) mass is 380 g/mol. The molecule has 0 saturated heterocycles. The van der Waals surface area contributed by atoms with Crippen molar-refractivity contribution in [1.82, 2.24) is 0 Å². The Morgan fingerprint density at radius 1 is 0.960 bits per heavy atom. The van der Waals surface area contributed by atoms with Crippen molar-refractivity contribution in [3.05, 3.63) is 11.3 Å². The van der Waals surface area contributed by atoms with Gasteiger partial charge in [-0.05, 0) is 68.7 Å². The predicted octanol–water partition coefficient (Wildman–Crippen LogP) is 6.04. The Balaban J connectivity index is 2.09. The van der Waals surface area contributed by atoms with Gasteiger partial charge in [-0.3, -0.25) is 0 Å². The molecule has 0 aromatic carbocycles. The highest BCUT2D eigenvalue weighted by Gasteiger charge is 2.74. The summed E-state index contributed by atoms with van der Waals surface area (Å²) in [6.07, 6.45) is 7.76. The van der Waals surface area contributed by atoms with Gasteiger partial charge in [0.1, 0.15) is 0 Å². The summed E-state index contributed by atoms with van der Waals surface area (Å²) >= 11 is 0. The highest BCUT2D eigenvalue weighted by molar-refractivity contribution is 6.81. The first-order chi connectivity index (χ1) is 11.2. The molecule has 0 amide bonds. The molecule has 3 atom stereocenters. The predicted molar refractivity (Wildman–Crippen MR) is 112 cm³/mol. The average molecular weight is 381 g/mol. The second-order valence-corrected chi connectivity index (χ2v) is 21.5. The number of rotatable bonds is 3. The van der Waals surface area contributed by atoms with E-state index in [2.05, 4.69) is 59.2 Å². The molecule has 3 aliphatic rings. The summed E-state index contributed by atoms with van der Waals surface area (Å²) in [4.78, 5) is 0. The van der Waals surface area contributed by atoms with Crippen LogP contribution >= 0.6 is 0 Å². The molecule has 0 radical (unpaired) electrons. The van der Waals surface area contributed by atoms with E-state index in [0.717, 1.165) is 38.5 Å². The van der Waals surface area contributed by atoms with Crippen molar-refractivity contribution in [2.75, 3.05) is 0 Å². The van der Waals surface area contributed by atoms with E-state index >= 15 is 0 Å². The van der Waals surface area contributed by atoms with Crippen molar-refractivity contribution in [3.8, 4) is 0 Å². The normalized spacial score (nSPS) is 40.6. The highest BCUT2D eigenvalue weighted by Crippen LogP contribution is 2.72. The van der Waals surface area contributed by atoms with E-state index in [1.54, 1.807) is 0 Å². The summed E-state index contributed by atoms with van der Waals surface area (Å²) < 4.78 is 7.24. The van der Waals surface area contributed by atoms with Gasteiger partial charge in [0.05, 0.1) is 19.3 Å². The molecule has 0 heterocycles. The largest absolute Gasteiger partial charge is 0.410 e. The van der Waals surface area contributed by atoms with Gasteiger partial charge >= 0.3 is 0 Å². The van der Waals surface area contributed by atoms with Crippen molar-refractivity contribution in [1.29, 1.82) is 0 Å². The van der Waals surface area contributed by atoms with Gasteiger partial charge in [-0.25, -0.2) is 0 Å². The minimum Gasteiger partial charge on any atom is -0.410 e. The lowest BCUT2D eigenvalue weighted by molar-refractivity contribution is -0.0993. The standard InChI is InChI=1S/C21H40O2Si2/c1-18(2,3)25(7,8)23-20-13-9-11-19(20)12-10-14-21(19,22)17(15-20)16-24(4,5)6/h16,22H,9-15H2,1-8H3/b17-16+/t19-,20-,21-/m1/s1. The zero-order chi connectivity index (χ0) is 18.9. The lowest BCUT2D eigenvalue weighted by Gasteiger charge is -2.50. The minimum atomic E-state index is -1.88. The summed E-state index contributed by atoms with van der Waals surface area (Å²) in [5.74, 6) is 0. The Kier molecular flexibility index (Phi) is 4.41. The van der Waals surface area contributed by atoms with Crippen molar-refractivity contribution < 1.29 is 9.53 Å². The molecular weight excluding hydrogens is 340 g/mol. The molecule has 0 aromatic heterocycles. The first-order valence-corrected chi connectivity index (χ1v) is 16.8. The van der Waals surface area contributed by atoms with Crippen LogP contribution in [0.5, 0.6) is 0 Å². The Morgan fingerprint density at radius 3 is 2.04 bits per heavy atom. The van der Waals surface area contributed by atoms with Crippen molar-refractivity contribution in [3.63, 3.8) is 0 Å². The maximum atomic E-state index is 12.0. The van der Waals surface area contributed by atoms with Crippen LogP contribution in [-0.4, -0.2) is 32.7 Å². The van der Waals surface area contributed by atoms with Gasteiger partial charge in [0.2, 0.25) is 0 Å². The number of hydrogen-bond acceptors (Lipinski definition) is 2. The summed E-state index contributed by atoms with van der Waals surface area (Å²) in [7, 11) is -3.25. The number of aliphatic hydroxyl groups is 1. The first-order valence-electron chi connectivity index (χ1n) is 10.3. The van der Waals surface area contributed by atoms with E-state index < -0.39 is 22.0 Å². The van der Waals surface area contributed by atoms with E-state index in [0.29, 0.717) is 0 Å². The lowest BCUT2D eigenvalue weighted by atomic mass is 9.70. The van der Waals surface area contributed by atoms with Gasteiger partial charge in [-0.2, -0.15) is 0 Å². The van der Waals surface area contributed by atoms with Crippen LogP contribution in [0.1, 0.15) is 65.7 Å². The highest BCUT2D eigenvalue weighted by atomic mass is 28.4. The van der Waals surface area contributed by atoms with Gasteiger partial charge in [-0.1, -0.05) is 46.1 Å². The minimum absolute atomic E-state index is 0.0129. The third-order valence-electron chi connectivity index (χ3n) is 7.86. The zero-order valence-electron chi connectivity index (χ0n) is 17.9. The van der Waals surface area contributed by atoms with Crippen molar-refractivity contribution in [2.24, 2.45) is 5.41 Å². The molecule has 3 aliphatic carbocycles. The van der Waals surface area contributed by atoms with Crippen molar-refractivity contribution >= 4 is 16.4 Å². The maximum absolute atomic E-state index is 12.0. The second kappa shape index (κ2) is 5.56. The third-order valence-corrected chi connectivity index (χ3v) is 13.6. The Bertz CT molecular complexity index is 580. The fraction of sp³-hybridized carbons (Fsp3) is 0.905. The number of hydrogen-bond donors (Lipinski definition) is 1. The Hall–Kier alpha value is 0.0938. The molecule has 1 spiro atoms. The smallest absolute Gasteiger partial charge is 0.192 e. The van der Waals surface area contributed by atoms with Crippen molar-refractivity contribution in [2.45, 2.75) is 115 Å². The van der Waals surface area contributed by atoms with Gasteiger partial charge in [0.15, 0.2) is 8.32 Å². The van der Waals surface area contributed by atoms with E-state index in [-0.39, 0.29) is 16.1 Å². The van der Waals surface area contributed by atoms with Crippen LogP contribution in [0, 0.1) is 5.41 Å². The molecule has 3 rings (SSSR count). The van der Waals surface area contributed by atoms with E-state index in [1.165, 1.54) is 12.0 Å². The Morgan fingerprint density at radius 2 is 1.52 bits per heavy atom. The van der Waals surface area contributed by atoms with Gasteiger partial charge in [0.25, 0.3) is 0 Å². The summed E-state index contributed by atoms with van der Waals surface area (Å²) in [5, 5.41) is 12.2. The molecule has 0 aliphatic heterocycles. The molecule has 25 heavy (non-hydrogen) atoms. The van der Waals surface area contributed by atoms with Crippen LogP contribution in [0.4, 0.5) is 0 Å². The quantitative estimate of drug-likeness (QED) is 0.605. The summed E-state index contributed by atoms with van der Waals surface area (Å²) in [6, 6.07) is 0. The van der Waals surface area contributed by atoms with E-state index in [1.807, 2.05) is 0 Å². The molecule has 2 nitrogen and oxygen atoms in total. The molecular formula is C21H40O2Si2. The second-order valence-electron chi connectivity index (χ2n) is 11.7. The van der Waals surface area contributed by atoms with Gasteiger partial charge in [0, 0.05) is 5.41 Å².